The third kappa shape index (κ3) is 6.18. The molecule has 0 aliphatic heterocycles. The van der Waals surface area contributed by atoms with Crippen LogP contribution in [0.15, 0.2) is 83.6 Å². The number of nitrogens with zero attached hydrogens (tertiary/aromatic N) is 3. The normalized spacial score (nSPS) is 15.1. The molecule has 172 valence electrons. The largest absolute Gasteiger partial charge is 0.284 e. The van der Waals surface area contributed by atoms with Crippen LogP contribution in [-0.4, -0.2) is 29.4 Å². The Morgan fingerprint density at radius 2 is 2.00 bits per heavy atom. The van der Waals surface area contributed by atoms with Crippen LogP contribution in [0.25, 0.3) is 23.0 Å². The minimum atomic E-state index is -3.56. The van der Waals surface area contributed by atoms with Gasteiger partial charge in [-0.3, -0.25) is 9.71 Å². The van der Waals surface area contributed by atoms with Crippen LogP contribution in [0.1, 0.15) is 25.1 Å². The average molecular weight is 487 g/mol. The van der Waals surface area contributed by atoms with Crippen molar-refractivity contribution in [1.29, 1.82) is 0 Å². The quantitative estimate of drug-likeness (QED) is 0.534. The van der Waals surface area contributed by atoms with Gasteiger partial charge in [-0.1, -0.05) is 30.3 Å². The molecule has 0 radical (unpaired) electrons. The average Bonchev–Trinajstić information content (AvgIpc) is 2.96. The van der Waals surface area contributed by atoms with Crippen LogP contribution in [0.4, 0.5) is 4.39 Å². The fourth-order valence-corrected chi connectivity index (χ4v) is 4.03. The Kier molecular flexibility index (Phi) is 7.50. The molecule has 0 aromatic carbocycles. The zero-order valence-corrected chi connectivity index (χ0v) is 20.1. The molecule has 2 aromatic rings. The number of halogens is 2. The highest BCUT2D eigenvalue weighted by atomic mass is 35.5. The summed E-state index contributed by atoms with van der Waals surface area (Å²) in [5.41, 5.74) is 4.39. The van der Waals surface area contributed by atoms with Crippen molar-refractivity contribution < 1.29 is 12.8 Å². The van der Waals surface area contributed by atoms with E-state index in [9.17, 15) is 12.8 Å². The fourth-order valence-electron chi connectivity index (χ4n) is 3.30. The van der Waals surface area contributed by atoms with Gasteiger partial charge in [-0.25, -0.2) is 17.5 Å². The highest BCUT2D eigenvalue weighted by Gasteiger charge is 2.21. The number of allylic oxidation sites excluding steroid dienone is 9. The lowest BCUT2D eigenvalue weighted by atomic mass is 10.1. The number of sulfonamides is 1. The Morgan fingerprint density at radius 1 is 1.30 bits per heavy atom. The summed E-state index contributed by atoms with van der Waals surface area (Å²) >= 11 is 6.35. The van der Waals surface area contributed by atoms with Gasteiger partial charge in [-0.05, 0) is 55.9 Å². The van der Waals surface area contributed by atoms with E-state index in [0.29, 0.717) is 22.8 Å². The van der Waals surface area contributed by atoms with Gasteiger partial charge in [0.15, 0.2) is 0 Å². The van der Waals surface area contributed by atoms with Gasteiger partial charge in [0.25, 0.3) is 0 Å². The summed E-state index contributed by atoms with van der Waals surface area (Å²) in [6.45, 7) is 7.24. The molecule has 6 nitrogen and oxygen atoms in total. The summed E-state index contributed by atoms with van der Waals surface area (Å²) in [5, 5.41) is 5.38. The van der Waals surface area contributed by atoms with Gasteiger partial charge in [0, 0.05) is 40.7 Å². The van der Waals surface area contributed by atoms with Crippen LogP contribution < -0.4 is 4.72 Å². The van der Waals surface area contributed by atoms with Crippen LogP contribution in [0.3, 0.4) is 0 Å². The zero-order chi connectivity index (χ0) is 24.2. The van der Waals surface area contributed by atoms with E-state index in [1.807, 2.05) is 50.3 Å². The summed E-state index contributed by atoms with van der Waals surface area (Å²) in [6.07, 6.45) is 14.6. The summed E-state index contributed by atoms with van der Waals surface area (Å²) in [7, 11) is -3.56. The highest BCUT2D eigenvalue weighted by molar-refractivity contribution is 7.88. The monoisotopic (exact) mass is 486 g/mol. The van der Waals surface area contributed by atoms with Crippen LogP contribution in [0.5, 0.6) is 0 Å². The molecule has 2 heterocycles. The highest BCUT2D eigenvalue weighted by Crippen LogP contribution is 2.34. The molecule has 9 heteroatoms. The lowest BCUT2D eigenvalue weighted by Crippen LogP contribution is -2.19. The van der Waals surface area contributed by atoms with Gasteiger partial charge >= 0.3 is 0 Å². The predicted molar refractivity (Wildman–Crippen MR) is 132 cm³/mol. The van der Waals surface area contributed by atoms with E-state index < -0.39 is 15.9 Å². The van der Waals surface area contributed by atoms with Gasteiger partial charge in [0.2, 0.25) is 10.0 Å². The van der Waals surface area contributed by atoms with Crippen molar-refractivity contribution >= 4 is 33.4 Å². The topological polar surface area (TPSA) is 76.9 Å². The molecule has 0 amide bonds. The van der Waals surface area contributed by atoms with E-state index >= 15 is 0 Å². The number of nitrogens with one attached hydrogen (secondary N) is 1. The molecule has 0 unspecified atom stereocenters. The molecule has 2 aromatic heterocycles. The number of hydrogen-bond donors (Lipinski definition) is 1. The minimum Gasteiger partial charge on any atom is -0.284 e. The van der Waals surface area contributed by atoms with E-state index in [4.69, 9.17) is 16.7 Å². The lowest BCUT2D eigenvalue weighted by Gasteiger charge is -2.12. The Morgan fingerprint density at radius 3 is 2.64 bits per heavy atom. The Labute approximate surface area is 198 Å². The maximum absolute atomic E-state index is 14.9. The molecule has 0 bridgehead atoms. The number of rotatable bonds is 7. The third-order valence-electron chi connectivity index (χ3n) is 4.81. The molecule has 0 spiro atoms. The molecular formula is C24H24ClFN4O2S. The Bertz CT molecular complexity index is 1330. The van der Waals surface area contributed by atoms with Gasteiger partial charge < -0.3 is 0 Å². The fraction of sp³-hybridized carbons (Fsp3) is 0.167. The minimum absolute atomic E-state index is 0.0850. The Balaban J connectivity index is 2.20. The van der Waals surface area contributed by atoms with Crippen LogP contribution in [0, 0.1) is 0 Å². The van der Waals surface area contributed by atoms with Crippen molar-refractivity contribution in [3.05, 3.63) is 94.9 Å². The van der Waals surface area contributed by atoms with E-state index in [-0.39, 0.29) is 5.70 Å². The first kappa shape index (κ1) is 24.4. The molecule has 1 N–H and O–H groups in total. The van der Waals surface area contributed by atoms with Gasteiger partial charge in [0.05, 0.1) is 17.6 Å². The van der Waals surface area contributed by atoms with Gasteiger partial charge in [0.1, 0.15) is 11.5 Å². The molecule has 0 saturated carbocycles. The molecule has 0 atom stereocenters. The maximum atomic E-state index is 14.9. The molecular weight excluding hydrogens is 463 g/mol. The standard InChI is InChI=1S/C24H24ClFN4O2S/c1-5-16(2)23(15-20(26)13-17(3)29-33(4,31)32)30-22-8-6-7-19(25)14-21(22)24(28-30)18-9-11-27-12-10-18/h5-7,9-15,29H,3,8H2,1-2,4H3/b16-5-,20-13-,23-15+. The number of fused-ring (bicyclic) bond motifs is 1. The predicted octanol–water partition coefficient (Wildman–Crippen LogP) is 5.36. The summed E-state index contributed by atoms with van der Waals surface area (Å²) in [5.74, 6) is -0.681. The molecule has 33 heavy (non-hydrogen) atoms. The summed E-state index contributed by atoms with van der Waals surface area (Å²) in [6, 6.07) is 3.69. The van der Waals surface area contributed by atoms with Gasteiger partial charge in [-0.15, -0.1) is 0 Å². The summed E-state index contributed by atoms with van der Waals surface area (Å²) < 4.78 is 41.6. The van der Waals surface area contributed by atoms with Crippen molar-refractivity contribution in [3.63, 3.8) is 0 Å². The second-order valence-electron chi connectivity index (χ2n) is 7.42. The van der Waals surface area contributed by atoms with Gasteiger partial charge in [-0.2, -0.15) is 5.10 Å². The molecule has 0 saturated heterocycles. The smallest absolute Gasteiger partial charge is 0.229 e. The first-order valence-electron chi connectivity index (χ1n) is 10.0. The SMILES string of the molecule is C=C(/C=C(F)/C=C(\C(C)=C/C)n1nc(-c2ccncc2)c2c1CC=CC(Cl)=C2)NS(C)(=O)=O. The van der Waals surface area contributed by atoms with Crippen LogP contribution in [-0.2, 0) is 16.4 Å². The zero-order valence-electron chi connectivity index (χ0n) is 18.5. The summed E-state index contributed by atoms with van der Waals surface area (Å²) in [4.78, 5) is 4.07. The van der Waals surface area contributed by atoms with E-state index in [2.05, 4.69) is 16.3 Å². The van der Waals surface area contributed by atoms with Crippen molar-refractivity contribution in [2.24, 2.45) is 0 Å². The molecule has 1 aliphatic rings. The first-order valence-corrected chi connectivity index (χ1v) is 12.3. The van der Waals surface area contributed by atoms with E-state index in [1.165, 1.54) is 6.08 Å². The van der Waals surface area contributed by atoms with Crippen molar-refractivity contribution in [1.82, 2.24) is 19.5 Å². The molecule has 3 rings (SSSR count). The van der Waals surface area contributed by atoms with E-state index in [1.54, 1.807) is 17.1 Å². The third-order valence-corrected chi connectivity index (χ3v) is 5.68. The second kappa shape index (κ2) is 10.1. The second-order valence-corrected chi connectivity index (χ2v) is 9.61. The lowest BCUT2D eigenvalue weighted by molar-refractivity contribution is 0.595. The molecule has 1 aliphatic carbocycles. The Hall–Kier alpha value is -3.23. The number of hydrogen-bond acceptors (Lipinski definition) is 4. The number of pyridine rings is 1. The van der Waals surface area contributed by atoms with E-state index in [0.717, 1.165) is 34.7 Å². The van der Waals surface area contributed by atoms with Crippen molar-refractivity contribution in [2.75, 3.05) is 6.26 Å². The van der Waals surface area contributed by atoms with Crippen LogP contribution in [0.2, 0.25) is 0 Å². The van der Waals surface area contributed by atoms with Crippen molar-refractivity contribution in [3.8, 4) is 11.3 Å². The van der Waals surface area contributed by atoms with Crippen molar-refractivity contribution in [2.45, 2.75) is 20.3 Å². The van der Waals surface area contributed by atoms with Crippen LogP contribution >= 0.6 is 11.6 Å². The molecule has 0 fully saturated rings. The first-order chi connectivity index (χ1) is 15.6. The number of aromatic nitrogens is 3. The maximum Gasteiger partial charge on any atom is 0.229 e.